The Morgan fingerprint density at radius 3 is 2.70 bits per heavy atom. The van der Waals surface area contributed by atoms with Gasteiger partial charge in [0.25, 0.3) is 0 Å². The zero-order chi connectivity index (χ0) is 16.6. The number of carbonyl (C=O) groups is 1. The van der Waals surface area contributed by atoms with Crippen molar-refractivity contribution in [2.24, 2.45) is 0 Å². The third-order valence-corrected chi connectivity index (χ3v) is 3.98. The first-order valence-corrected chi connectivity index (χ1v) is 7.35. The van der Waals surface area contributed by atoms with E-state index in [9.17, 15) is 20.1 Å². The van der Waals surface area contributed by atoms with Crippen LogP contribution in [0.25, 0.3) is 0 Å². The molecule has 0 bridgehead atoms. The average Bonchev–Trinajstić information content (AvgIpc) is 2.53. The number of hydrogen-bond acceptors (Lipinski definition) is 7. The van der Waals surface area contributed by atoms with Crippen LogP contribution in [0.3, 0.4) is 0 Å². The fourth-order valence-corrected chi connectivity index (χ4v) is 2.80. The highest BCUT2D eigenvalue weighted by Crippen LogP contribution is 2.29. The summed E-state index contributed by atoms with van der Waals surface area (Å²) in [4.78, 5) is 11.2. The minimum Gasteiger partial charge on any atom is -0.478 e. The third kappa shape index (κ3) is 3.17. The fourth-order valence-electron chi connectivity index (χ4n) is 2.80. The summed E-state index contributed by atoms with van der Waals surface area (Å²) in [6.07, 6.45) is -5.16. The Balaban J connectivity index is 1.78. The minimum absolute atomic E-state index is 0.0460. The first-order chi connectivity index (χ1) is 11.0. The first kappa shape index (κ1) is 16.2. The van der Waals surface area contributed by atoms with Crippen molar-refractivity contribution in [1.82, 2.24) is 0 Å². The van der Waals surface area contributed by atoms with E-state index in [2.05, 4.69) is 5.32 Å². The van der Waals surface area contributed by atoms with Gasteiger partial charge < -0.3 is 34.8 Å². The van der Waals surface area contributed by atoms with Gasteiger partial charge in [0, 0.05) is 0 Å². The highest BCUT2D eigenvalue weighted by atomic mass is 16.7. The Labute approximate surface area is 132 Å². The molecule has 126 valence electrons. The number of aliphatic hydroxyl groups excluding tert-OH is 2. The molecule has 2 aliphatic heterocycles. The maximum atomic E-state index is 11.2. The van der Waals surface area contributed by atoms with Crippen LogP contribution in [0.15, 0.2) is 24.3 Å². The lowest BCUT2D eigenvalue weighted by Gasteiger charge is -2.46. The number of nitrogens with one attached hydrogen (secondary N) is 1. The smallest absolute Gasteiger partial charge is 0.337 e. The molecular formula is C15H19NO7. The van der Waals surface area contributed by atoms with Crippen LogP contribution in [0.1, 0.15) is 17.3 Å². The summed E-state index contributed by atoms with van der Waals surface area (Å²) in [6.45, 7) is 1.91. The normalized spacial score (nSPS) is 37.0. The van der Waals surface area contributed by atoms with Crippen molar-refractivity contribution in [2.45, 2.75) is 43.9 Å². The molecule has 8 heteroatoms. The van der Waals surface area contributed by atoms with E-state index in [-0.39, 0.29) is 12.2 Å². The molecule has 2 fully saturated rings. The van der Waals surface area contributed by atoms with Crippen LogP contribution in [0.5, 0.6) is 0 Å². The van der Waals surface area contributed by atoms with Crippen molar-refractivity contribution in [3.05, 3.63) is 29.8 Å². The van der Waals surface area contributed by atoms with E-state index in [1.54, 1.807) is 25.1 Å². The molecule has 1 aromatic carbocycles. The molecule has 0 radical (unpaired) electrons. The van der Waals surface area contributed by atoms with E-state index >= 15 is 0 Å². The highest BCUT2D eigenvalue weighted by Gasteiger charge is 2.48. The van der Waals surface area contributed by atoms with Gasteiger partial charge in [-0.3, -0.25) is 0 Å². The number of ether oxygens (including phenoxy) is 3. The molecule has 8 nitrogen and oxygen atoms in total. The summed E-state index contributed by atoms with van der Waals surface area (Å²) >= 11 is 0. The van der Waals surface area contributed by atoms with Crippen LogP contribution in [0.2, 0.25) is 0 Å². The maximum Gasteiger partial charge on any atom is 0.337 e. The van der Waals surface area contributed by atoms with Crippen LogP contribution < -0.4 is 5.32 Å². The molecule has 2 aliphatic rings. The van der Waals surface area contributed by atoms with Crippen molar-refractivity contribution >= 4 is 11.7 Å². The van der Waals surface area contributed by atoms with E-state index < -0.39 is 42.9 Å². The largest absolute Gasteiger partial charge is 0.478 e. The van der Waals surface area contributed by atoms with E-state index in [1.165, 1.54) is 6.07 Å². The molecule has 0 aliphatic carbocycles. The number of aromatic carboxylic acids is 1. The van der Waals surface area contributed by atoms with Gasteiger partial charge in [-0.2, -0.15) is 0 Å². The molecule has 0 saturated carbocycles. The van der Waals surface area contributed by atoms with Gasteiger partial charge in [0.15, 0.2) is 12.5 Å². The molecule has 2 heterocycles. The fraction of sp³-hybridized carbons (Fsp3) is 0.533. The molecule has 2 saturated heterocycles. The Kier molecular flexibility index (Phi) is 4.51. The van der Waals surface area contributed by atoms with Gasteiger partial charge in [0.2, 0.25) is 0 Å². The molecule has 4 N–H and O–H groups in total. The number of rotatable bonds is 3. The maximum absolute atomic E-state index is 11.2. The second-order valence-corrected chi connectivity index (χ2v) is 5.57. The molecule has 0 aromatic heterocycles. The number of carboxylic acids is 1. The number of para-hydroxylation sites is 1. The van der Waals surface area contributed by atoms with Gasteiger partial charge >= 0.3 is 5.97 Å². The summed E-state index contributed by atoms with van der Waals surface area (Å²) in [5.41, 5.74) is 0.338. The summed E-state index contributed by atoms with van der Waals surface area (Å²) in [5, 5.41) is 32.5. The van der Waals surface area contributed by atoms with Gasteiger partial charge in [-0.1, -0.05) is 12.1 Å². The highest BCUT2D eigenvalue weighted by molar-refractivity contribution is 5.94. The number of fused-ring (bicyclic) bond motifs is 1. The lowest BCUT2D eigenvalue weighted by Crippen LogP contribution is -2.64. The monoisotopic (exact) mass is 325 g/mol. The SMILES string of the molecule is CC1OC[C@H]2O[C@@H](Nc3ccccc3C(=O)O)[C@H](O)[C@@H](O)[C@@H]2O1. The van der Waals surface area contributed by atoms with Crippen molar-refractivity contribution in [2.75, 3.05) is 11.9 Å². The van der Waals surface area contributed by atoms with E-state index in [0.29, 0.717) is 5.69 Å². The van der Waals surface area contributed by atoms with Crippen molar-refractivity contribution < 1.29 is 34.3 Å². The van der Waals surface area contributed by atoms with Crippen LogP contribution in [-0.4, -0.2) is 64.8 Å². The van der Waals surface area contributed by atoms with Crippen molar-refractivity contribution in [3.8, 4) is 0 Å². The second kappa shape index (κ2) is 6.42. The number of carboxylic acid groups (broad SMARTS) is 1. The Bertz CT molecular complexity index is 579. The van der Waals surface area contributed by atoms with Gasteiger partial charge in [0.1, 0.15) is 24.4 Å². The number of hydrogen-bond donors (Lipinski definition) is 4. The van der Waals surface area contributed by atoms with E-state index in [1.807, 2.05) is 0 Å². The van der Waals surface area contributed by atoms with Gasteiger partial charge in [-0.25, -0.2) is 4.79 Å². The quantitative estimate of drug-likeness (QED) is 0.614. The van der Waals surface area contributed by atoms with E-state index in [0.717, 1.165) is 0 Å². The standard InChI is InChI=1S/C15H19NO7/c1-7-21-6-10-13(22-7)11(17)12(18)14(23-10)16-9-5-3-2-4-8(9)15(19)20/h2-5,7,10-14,16-18H,6H2,1H3,(H,19,20)/t7?,10-,11-,12-,13-,14-/m1/s1. The second-order valence-electron chi connectivity index (χ2n) is 5.57. The molecule has 23 heavy (non-hydrogen) atoms. The third-order valence-electron chi connectivity index (χ3n) is 3.98. The zero-order valence-corrected chi connectivity index (χ0v) is 12.5. The topological polar surface area (TPSA) is 117 Å². The van der Waals surface area contributed by atoms with Crippen LogP contribution >= 0.6 is 0 Å². The van der Waals surface area contributed by atoms with Crippen LogP contribution in [-0.2, 0) is 14.2 Å². The van der Waals surface area contributed by atoms with Gasteiger partial charge in [0.05, 0.1) is 17.9 Å². The van der Waals surface area contributed by atoms with Gasteiger partial charge in [-0.05, 0) is 19.1 Å². The average molecular weight is 325 g/mol. The van der Waals surface area contributed by atoms with Crippen LogP contribution in [0, 0.1) is 0 Å². The predicted octanol–water partition coefficient (Wildman–Crippen LogP) is 0.00480. The molecule has 3 rings (SSSR count). The summed E-state index contributed by atoms with van der Waals surface area (Å²) in [6, 6.07) is 6.27. The molecule has 0 amide bonds. The zero-order valence-electron chi connectivity index (χ0n) is 12.5. The molecular weight excluding hydrogens is 306 g/mol. The molecule has 1 unspecified atom stereocenters. The number of benzene rings is 1. The number of anilines is 1. The predicted molar refractivity (Wildman–Crippen MR) is 78.0 cm³/mol. The van der Waals surface area contributed by atoms with Gasteiger partial charge in [-0.15, -0.1) is 0 Å². The summed E-state index contributed by atoms with van der Waals surface area (Å²) in [7, 11) is 0. The summed E-state index contributed by atoms with van der Waals surface area (Å²) < 4.78 is 16.5. The van der Waals surface area contributed by atoms with Crippen molar-refractivity contribution in [1.29, 1.82) is 0 Å². The van der Waals surface area contributed by atoms with Crippen LogP contribution in [0.4, 0.5) is 5.69 Å². The first-order valence-electron chi connectivity index (χ1n) is 7.35. The minimum atomic E-state index is -1.27. The Morgan fingerprint density at radius 1 is 1.22 bits per heavy atom. The Morgan fingerprint density at radius 2 is 1.96 bits per heavy atom. The summed E-state index contributed by atoms with van der Waals surface area (Å²) in [5.74, 6) is -1.10. The number of aliphatic hydroxyl groups is 2. The molecule has 1 aromatic rings. The van der Waals surface area contributed by atoms with Crippen molar-refractivity contribution in [3.63, 3.8) is 0 Å². The van der Waals surface area contributed by atoms with E-state index in [4.69, 9.17) is 14.2 Å². The molecule has 0 spiro atoms. The Hall–Kier alpha value is -1.71. The lowest BCUT2D eigenvalue weighted by molar-refractivity contribution is -0.317. The lowest BCUT2D eigenvalue weighted by atomic mass is 9.97. The molecule has 6 atom stereocenters.